The highest BCUT2D eigenvalue weighted by molar-refractivity contribution is 14.1. The lowest BCUT2D eigenvalue weighted by Crippen LogP contribution is -2.17. The molecule has 7 heteroatoms. The van der Waals surface area contributed by atoms with Crippen LogP contribution in [0, 0.1) is 21.7 Å². The van der Waals surface area contributed by atoms with E-state index in [2.05, 4.69) is 39.0 Å². The molecule has 0 bridgehead atoms. The van der Waals surface area contributed by atoms with Crippen LogP contribution in [0.2, 0.25) is 0 Å². The van der Waals surface area contributed by atoms with Crippen LogP contribution in [0.1, 0.15) is 22.8 Å². The van der Waals surface area contributed by atoms with Crippen LogP contribution in [0.15, 0.2) is 41.5 Å². The minimum Gasteiger partial charge on any atom is -0.490 e. The molecule has 5 nitrogen and oxygen atoms in total. The molecule has 0 spiro atoms. The zero-order valence-electron chi connectivity index (χ0n) is 14.0. The highest BCUT2D eigenvalue weighted by Crippen LogP contribution is 2.33. The topological polar surface area (TPSA) is 59.9 Å². The van der Waals surface area contributed by atoms with E-state index < -0.39 is 11.7 Å². The van der Waals surface area contributed by atoms with E-state index >= 15 is 0 Å². The summed E-state index contributed by atoms with van der Waals surface area (Å²) in [6.07, 6.45) is 6.71. The van der Waals surface area contributed by atoms with Gasteiger partial charge >= 0.3 is 0 Å². The van der Waals surface area contributed by atoms with Crippen molar-refractivity contribution in [2.24, 2.45) is 5.10 Å². The minimum absolute atomic E-state index is 0.136. The van der Waals surface area contributed by atoms with E-state index in [1.54, 1.807) is 6.07 Å². The van der Waals surface area contributed by atoms with Gasteiger partial charge in [0.05, 0.1) is 16.4 Å². The molecule has 2 aromatic rings. The molecule has 0 unspecified atom stereocenters. The summed E-state index contributed by atoms with van der Waals surface area (Å²) in [5, 5.41) is 3.92. The highest BCUT2D eigenvalue weighted by atomic mass is 127. The van der Waals surface area contributed by atoms with Gasteiger partial charge in [0.2, 0.25) is 0 Å². The second-order valence-corrected chi connectivity index (χ2v) is 6.12. The lowest BCUT2D eigenvalue weighted by molar-refractivity contribution is 0.0955. The average Bonchev–Trinajstić information content (AvgIpc) is 2.62. The van der Waals surface area contributed by atoms with E-state index in [9.17, 15) is 9.18 Å². The number of halogens is 2. The van der Waals surface area contributed by atoms with Gasteiger partial charge in [0.25, 0.3) is 5.91 Å². The van der Waals surface area contributed by atoms with E-state index in [1.807, 2.05) is 13.0 Å². The van der Waals surface area contributed by atoms with E-state index in [0.29, 0.717) is 29.2 Å². The SMILES string of the molecule is C#CCOc1c(I)cc(/C=N\NC(=O)c2ccc(F)cc2)cc1OCC. The summed E-state index contributed by atoms with van der Waals surface area (Å²) >= 11 is 2.11. The first kappa shape index (κ1) is 19.7. The fourth-order valence-electron chi connectivity index (χ4n) is 2.01. The Morgan fingerprint density at radius 3 is 2.73 bits per heavy atom. The smallest absolute Gasteiger partial charge is 0.271 e. The summed E-state index contributed by atoms with van der Waals surface area (Å²) in [5.41, 5.74) is 3.42. The zero-order valence-corrected chi connectivity index (χ0v) is 16.1. The molecule has 0 aliphatic rings. The first-order valence-electron chi connectivity index (χ1n) is 7.66. The standard InChI is InChI=1S/C19H16FIN2O3/c1-3-9-26-18-16(21)10-13(11-17(18)25-4-2)12-22-23-19(24)14-5-7-15(20)8-6-14/h1,5-8,10-12H,4,9H2,2H3,(H,23,24)/b22-12-. The molecular weight excluding hydrogens is 450 g/mol. The van der Waals surface area contributed by atoms with Crippen molar-refractivity contribution in [3.8, 4) is 23.8 Å². The monoisotopic (exact) mass is 466 g/mol. The minimum atomic E-state index is -0.435. The fraction of sp³-hybridized carbons (Fsp3) is 0.158. The number of carbonyl (C=O) groups is 1. The molecule has 0 aliphatic heterocycles. The van der Waals surface area contributed by atoms with Crippen molar-refractivity contribution in [2.75, 3.05) is 13.2 Å². The lowest BCUT2D eigenvalue weighted by Gasteiger charge is -2.13. The van der Waals surface area contributed by atoms with Crippen LogP contribution < -0.4 is 14.9 Å². The van der Waals surface area contributed by atoms with Crippen molar-refractivity contribution in [3.63, 3.8) is 0 Å². The van der Waals surface area contributed by atoms with E-state index in [-0.39, 0.29) is 6.61 Å². The molecule has 134 valence electrons. The third-order valence-electron chi connectivity index (χ3n) is 3.12. The number of terminal acetylenes is 1. The Morgan fingerprint density at radius 2 is 2.08 bits per heavy atom. The predicted molar refractivity (Wildman–Crippen MR) is 106 cm³/mol. The predicted octanol–water partition coefficient (Wildman–Crippen LogP) is 3.60. The van der Waals surface area contributed by atoms with Crippen molar-refractivity contribution < 1.29 is 18.7 Å². The number of carbonyl (C=O) groups excluding carboxylic acids is 1. The van der Waals surface area contributed by atoms with Gasteiger partial charge in [-0.3, -0.25) is 4.79 Å². The third-order valence-corrected chi connectivity index (χ3v) is 3.92. The van der Waals surface area contributed by atoms with Crippen LogP contribution >= 0.6 is 22.6 Å². The molecule has 1 amide bonds. The molecule has 2 rings (SSSR count). The van der Waals surface area contributed by atoms with E-state index in [0.717, 1.165) is 3.57 Å². The Kier molecular flexibility index (Phi) is 7.41. The molecule has 0 aromatic heterocycles. The van der Waals surface area contributed by atoms with Crippen LogP contribution in [-0.4, -0.2) is 25.3 Å². The normalized spacial score (nSPS) is 10.4. The van der Waals surface area contributed by atoms with Crippen molar-refractivity contribution in [2.45, 2.75) is 6.92 Å². The summed E-state index contributed by atoms with van der Waals surface area (Å²) in [6.45, 7) is 2.46. The zero-order chi connectivity index (χ0) is 18.9. The maximum absolute atomic E-state index is 12.9. The van der Waals surface area contributed by atoms with Gasteiger partial charge in [0.15, 0.2) is 11.5 Å². The van der Waals surface area contributed by atoms with Gasteiger partial charge in [-0.2, -0.15) is 5.10 Å². The molecule has 0 fully saturated rings. The third kappa shape index (κ3) is 5.46. The summed E-state index contributed by atoms with van der Waals surface area (Å²) in [7, 11) is 0. The van der Waals surface area contributed by atoms with Crippen LogP contribution in [0.5, 0.6) is 11.5 Å². The number of nitrogens with zero attached hydrogens (tertiary/aromatic N) is 1. The van der Waals surface area contributed by atoms with Crippen molar-refractivity contribution in [1.29, 1.82) is 0 Å². The summed E-state index contributed by atoms with van der Waals surface area (Å²) < 4.78 is 24.8. The Labute approximate surface area is 164 Å². The molecule has 2 aromatic carbocycles. The van der Waals surface area contributed by atoms with Crippen molar-refractivity contribution >= 4 is 34.7 Å². The molecule has 26 heavy (non-hydrogen) atoms. The van der Waals surface area contributed by atoms with Crippen molar-refractivity contribution in [3.05, 3.63) is 56.9 Å². The molecule has 0 aliphatic carbocycles. The number of amides is 1. The number of ether oxygens (including phenoxy) is 2. The van der Waals surface area contributed by atoms with Gasteiger partial charge in [0, 0.05) is 5.56 Å². The Bertz CT molecular complexity index is 845. The number of rotatable bonds is 7. The fourth-order valence-corrected chi connectivity index (χ4v) is 2.79. The molecule has 1 N–H and O–H groups in total. The first-order valence-corrected chi connectivity index (χ1v) is 8.74. The van der Waals surface area contributed by atoms with Gasteiger partial charge in [-0.1, -0.05) is 5.92 Å². The average molecular weight is 466 g/mol. The molecule has 0 heterocycles. The number of hydrogen-bond donors (Lipinski definition) is 1. The van der Waals surface area contributed by atoms with Gasteiger partial charge in [-0.05, 0) is 71.5 Å². The molecule has 0 radical (unpaired) electrons. The Balaban J connectivity index is 2.12. The van der Waals surface area contributed by atoms with Gasteiger partial charge in [0.1, 0.15) is 12.4 Å². The van der Waals surface area contributed by atoms with Crippen LogP contribution in [0.4, 0.5) is 4.39 Å². The van der Waals surface area contributed by atoms with Crippen LogP contribution in [0.25, 0.3) is 0 Å². The summed E-state index contributed by atoms with van der Waals surface area (Å²) in [6, 6.07) is 8.75. The van der Waals surface area contributed by atoms with Crippen LogP contribution in [-0.2, 0) is 0 Å². The van der Waals surface area contributed by atoms with Crippen molar-refractivity contribution in [1.82, 2.24) is 5.43 Å². The van der Waals surface area contributed by atoms with Gasteiger partial charge in [-0.15, -0.1) is 6.42 Å². The molecule has 0 saturated heterocycles. The van der Waals surface area contributed by atoms with Gasteiger partial charge in [-0.25, -0.2) is 9.82 Å². The second kappa shape index (κ2) is 9.77. The summed E-state index contributed by atoms with van der Waals surface area (Å²) in [4.78, 5) is 11.9. The highest BCUT2D eigenvalue weighted by Gasteiger charge is 2.11. The van der Waals surface area contributed by atoms with E-state index in [1.165, 1.54) is 30.5 Å². The Morgan fingerprint density at radius 1 is 1.35 bits per heavy atom. The largest absolute Gasteiger partial charge is 0.490 e. The number of hydrazone groups is 1. The number of benzene rings is 2. The number of hydrogen-bond acceptors (Lipinski definition) is 4. The first-order chi connectivity index (χ1) is 12.5. The lowest BCUT2D eigenvalue weighted by atomic mass is 10.2. The second-order valence-electron chi connectivity index (χ2n) is 4.96. The quantitative estimate of drug-likeness (QED) is 0.294. The maximum atomic E-state index is 12.9. The van der Waals surface area contributed by atoms with E-state index in [4.69, 9.17) is 15.9 Å². The summed E-state index contributed by atoms with van der Waals surface area (Å²) in [5.74, 6) is 2.68. The Hall–Kier alpha value is -2.60. The van der Waals surface area contributed by atoms with Crippen LogP contribution in [0.3, 0.4) is 0 Å². The molecule has 0 atom stereocenters. The maximum Gasteiger partial charge on any atom is 0.271 e. The molecule has 0 saturated carbocycles. The van der Waals surface area contributed by atoms with Gasteiger partial charge < -0.3 is 9.47 Å². The number of nitrogens with one attached hydrogen (secondary N) is 1. The molecular formula is C19H16FIN2O3.